The van der Waals surface area contributed by atoms with Crippen LogP contribution in [-0.4, -0.2) is 83.0 Å². The van der Waals surface area contributed by atoms with Gasteiger partial charge in [-0.05, 0) is 108 Å². The molecule has 0 aromatic heterocycles. The zero-order valence-electron chi connectivity index (χ0n) is 22.8. The van der Waals surface area contributed by atoms with Crippen LogP contribution in [0.1, 0.15) is 62.5 Å². The van der Waals surface area contributed by atoms with Crippen LogP contribution in [0.2, 0.25) is 0 Å². The summed E-state index contributed by atoms with van der Waals surface area (Å²) in [5.41, 5.74) is 1.28. The van der Waals surface area contributed by atoms with Crippen LogP contribution in [0.4, 0.5) is 0 Å². The third-order valence-corrected chi connectivity index (χ3v) is 9.98. The average Bonchev–Trinajstić information content (AvgIpc) is 2.83. The summed E-state index contributed by atoms with van der Waals surface area (Å²) in [4.78, 5) is 15.3. The lowest BCUT2D eigenvalue weighted by Gasteiger charge is -2.32. The maximum Gasteiger partial charge on any atom is 0.243 e. The first kappa shape index (κ1) is 28.9. The van der Waals surface area contributed by atoms with Gasteiger partial charge in [0.25, 0.3) is 0 Å². The number of sulfonamides is 1. The maximum atomic E-state index is 13.2. The number of amides is 1. The summed E-state index contributed by atoms with van der Waals surface area (Å²) in [6, 6.07) is 4.27. The van der Waals surface area contributed by atoms with E-state index in [0.717, 1.165) is 44.7 Å². The molecular formula is C27H46N4O4S. The Morgan fingerprint density at radius 3 is 2.39 bits per heavy atom. The lowest BCUT2D eigenvalue weighted by atomic mass is 9.84. The number of hydrogen-bond donors (Lipinski definition) is 2. The SMILES string of the molecule is COc1cc(C)c(S(=O)(=O)N(C)CCC(=O)NC2CCC(CCNC3CCCN(C)C3)CC2)c(C)c1. The molecular weight excluding hydrogens is 476 g/mol. The van der Waals surface area contributed by atoms with Crippen LogP contribution in [0.3, 0.4) is 0 Å². The minimum atomic E-state index is -3.69. The van der Waals surface area contributed by atoms with E-state index in [1.54, 1.807) is 33.1 Å². The number of likely N-dealkylation sites (tertiary alicyclic amines) is 1. The number of hydrogen-bond acceptors (Lipinski definition) is 6. The molecule has 1 aromatic carbocycles. The first-order valence-electron chi connectivity index (χ1n) is 13.4. The second-order valence-electron chi connectivity index (χ2n) is 10.8. The van der Waals surface area contributed by atoms with E-state index in [9.17, 15) is 13.2 Å². The van der Waals surface area contributed by atoms with Crippen LogP contribution in [0, 0.1) is 19.8 Å². The zero-order chi connectivity index (χ0) is 26.3. The molecule has 0 bridgehead atoms. The van der Waals surface area contributed by atoms with Gasteiger partial charge in [-0.25, -0.2) is 12.7 Å². The third kappa shape index (κ3) is 7.91. The second kappa shape index (κ2) is 13.2. The fourth-order valence-corrected chi connectivity index (χ4v) is 7.27. The Balaban J connectivity index is 1.38. The van der Waals surface area contributed by atoms with Crippen molar-refractivity contribution in [3.8, 4) is 5.75 Å². The highest BCUT2D eigenvalue weighted by Gasteiger charge is 2.27. The number of methoxy groups -OCH3 is 1. The Labute approximate surface area is 218 Å². The minimum Gasteiger partial charge on any atom is -0.497 e. The van der Waals surface area contributed by atoms with Gasteiger partial charge >= 0.3 is 0 Å². The Bertz CT molecular complexity index is 953. The van der Waals surface area contributed by atoms with Crippen LogP contribution in [0.5, 0.6) is 5.75 Å². The fraction of sp³-hybridized carbons (Fsp3) is 0.741. The predicted molar refractivity (Wildman–Crippen MR) is 144 cm³/mol. The molecule has 1 saturated heterocycles. The quantitative estimate of drug-likeness (QED) is 0.464. The molecule has 1 saturated carbocycles. The van der Waals surface area contributed by atoms with E-state index < -0.39 is 10.0 Å². The van der Waals surface area contributed by atoms with Gasteiger partial charge in [-0.2, -0.15) is 0 Å². The topological polar surface area (TPSA) is 91.0 Å². The molecule has 1 heterocycles. The molecule has 0 radical (unpaired) electrons. The Kier molecular flexibility index (Phi) is 10.6. The van der Waals surface area contributed by atoms with Gasteiger partial charge in [0.2, 0.25) is 15.9 Å². The van der Waals surface area contributed by atoms with Crippen LogP contribution < -0.4 is 15.4 Å². The predicted octanol–water partition coefficient (Wildman–Crippen LogP) is 3.07. The van der Waals surface area contributed by atoms with Crippen LogP contribution >= 0.6 is 0 Å². The number of piperidine rings is 1. The molecule has 1 atom stereocenters. The lowest BCUT2D eigenvalue weighted by molar-refractivity contribution is -0.122. The van der Waals surface area contributed by atoms with Crippen LogP contribution in [0.15, 0.2) is 17.0 Å². The molecule has 9 heteroatoms. The first-order valence-corrected chi connectivity index (χ1v) is 14.9. The minimum absolute atomic E-state index is 0.0771. The molecule has 2 aliphatic rings. The van der Waals surface area contributed by atoms with E-state index >= 15 is 0 Å². The van der Waals surface area contributed by atoms with Crippen molar-refractivity contribution in [1.82, 2.24) is 19.8 Å². The number of ether oxygens (including phenoxy) is 1. The van der Waals surface area contributed by atoms with Crippen molar-refractivity contribution in [2.45, 2.75) is 82.2 Å². The molecule has 0 spiro atoms. The summed E-state index contributed by atoms with van der Waals surface area (Å²) in [6.45, 7) is 7.12. The number of nitrogens with one attached hydrogen (secondary N) is 2. The summed E-state index contributed by atoms with van der Waals surface area (Å²) in [6.07, 6.45) is 8.20. The molecule has 204 valence electrons. The Hall–Kier alpha value is -1.68. The summed E-state index contributed by atoms with van der Waals surface area (Å²) < 4.78 is 32.8. The Morgan fingerprint density at radius 1 is 1.11 bits per heavy atom. The van der Waals surface area contributed by atoms with Gasteiger partial charge in [0.05, 0.1) is 12.0 Å². The Morgan fingerprint density at radius 2 is 1.78 bits per heavy atom. The number of benzene rings is 1. The fourth-order valence-electron chi connectivity index (χ4n) is 5.69. The summed E-state index contributed by atoms with van der Waals surface area (Å²) >= 11 is 0. The number of nitrogens with zero attached hydrogens (tertiary/aromatic N) is 2. The molecule has 1 unspecified atom stereocenters. The van der Waals surface area contributed by atoms with E-state index in [1.807, 2.05) is 0 Å². The van der Waals surface area contributed by atoms with E-state index in [0.29, 0.717) is 22.9 Å². The zero-order valence-corrected chi connectivity index (χ0v) is 23.6. The summed E-state index contributed by atoms with van der Waals surface area (Å²) in [7, 11) is 1.61. The molecule has 1 aromatic rings. The van der Waals surface area contributed by atoms with Crippen LogP contribution in [0.25, 0.3) is 0 Å². The third-order valence-electron chi connectivity index (χ3n) is 7.81. The summed E-state index contributed by atoms with van der Waals surface area (Å²) in [5.74, 6) is 1.28. The number of carbonyl (C=O) groups is 1. The monoisotopic (exact) mass is 522 g/mol. The molecule has 1 amide bonds. The smallest absolute Gasteiger partial charge is 0.243 e. The van der Waals surface area contributed by atoms with E-state index in [-0.39, 0.29) is 29.8 Å². The molecule has 2 fully saturated rings. The molecule has 1 aliphatic carbocycles. The highest BCUT2D eigenvalue weighted by molar-refractivity contribution is 7.89. The van der Waals surface area contributed by atoms with Crippen molar-refractivity contribution < 1.29 is 17.9 Å². The number of aryl methyl sites for hydroxylation is 2. The lowest BCUT2D eigenvalue weighted by Crippen LogP contribution is -2.44. The highest BCUT2D eigenvalue weighted by Crippen LogP contribution is 2.28. The molecule has 8 nitrogen and oxygen atoms in total. The standard InChI is InChI=1S/C27H46N4O4S/c1-20-17-25(35-5)18-21(2)27(20)36(33,34)31(4)16-13-26(32)29-23-10-8-22(9-11-23)12-14-28-24-7-6-15-30(3)19-24/h17-18,22-24,28H,6-16,19H2,1-5H3,(H,29,32). The van der Waals surface area contributed by atoms with E-state index in [2.05, 4.69) is 22.6 Å². The van der Waals surface area contributed by atoms with Crippen molar-refractivity contribution >= 4 is 15.9 Å². The molecule has 2 N–H and O–H groups in total. The maximum absolute atomic E-state index is 13.2. The number of rotatable bonds is 11. The van der Waals surface area contributed by atoms with Gasteiger partial charge in [0, 0.05) is 38.6 Å². The van der Waals surface area contributed by atoms with Gasteiger partial charge in [0.15, 0.2) is 0 Å². The second-order valence-corrected chi connectivity index (χ2v) is 12.8. The van der Waals surface area contributed by atoms with E-state index in [1.165, 1.54) is 37.2 Å². The average molecular weight is 523 g/mol. The van der Waals surface area contributed by atoms with Gasteiger partial charge in [-0.1, -0.05) is 0 Å². The normalized spacial score (nSPS) is 23.6. The van der Waals surface area contributed by atoms with Crippen molar-refractivity contribution in [1.29, 1.82) is 0 Å². The van der Waals surface area contributed by atoms with Crippen molar-refractivity contribution in [2.24, 2.45) is 5.92 Å². The molecule has 1 aliphatic heterocycles. The van der Waals surface area contributed by atoms with Gasteiger partial charge < -0.3 is 20.3 Å². The summed E-state index contributed by atoms with van der Waals surface area (Å²) in [5, 5.41) is 6.87. The van der Waals surface area contributed by atoms with E-state index in [4.69, 9.17) is 4.74 Å². The van der Waals surface area contributed by atoms with Gasteiger partial charge in [-0.15, -0.1) is 0 Å². The number of carbonyl (C=O) groups excluding carboxylic acids is 1. The number of likely N-dealkylation sites (N-methyl/N-ethyl adjacent to an activating group) is 1. The molecule has 36 heavy (non-hydrogen) atoms. The van der Waals surface area contributed by atoms with Crippen molar-refractivity contribution in [3.63, 3.8) is 0 Å². The first-order chi connectivity index (χ1) is 17.1. The molecule has 3 rings (SSSR count). The van der Waals surface area contributed by atoms with Gasteiger partial charge in [0.1, 0.15) is 5.75 Å². The van der Waals surface area contributed by atoms with Crippen molar-refractivity contribution in [2.75, 3.05) is 47.4 Å². The largest absolute Gasteiger partial charge is 0.497 e. The highest BCUT2D eigenvalue weighted by atomic mass is 32.2. The van der Waals surface area contributed by atoms with Crippen LogP contribution in [-0.2, 0) is 14.8 Å². The van der Waals surface area contributed by atoms with Crippen molar-refractivity contribution in [3.05, 3.63) is 23.3 Å². The van der Waals surface area contributed by atoms with Gasteiger partial charge in [-0.3, -0.25) is 4.79 Å².